The number of nitrogens with zero attached hydrogens (tertiary/aromatic N) is 1. The van der Waals surface area contributed by atoms with Crippen molar-refractivity contribution in [2.45, 2.75) is 39.2 Å². The first kappa shape index (κ1) is 19.8. The molecule has 0 bridgehead atoms. The summed E-state index contributed by atoms with van der Waals surface area (Å²) in [5.74, 6) is -1.10. The van der Waals surface area contributed by atoms with Crippen molar-refractivity contribution in [2.75, 3.05) is 13.2 Å². The van der Waals surface area contributed by atoms with Crippen LogP contribution in [0.1, 0.15) is 58.0 Å². The maximum absolute atomic E-state index is 12.8. The van der Waals surface area contributed by atoms with Crippen molar-refractivity contribution in [1.82, 2.24) is 4.90 Å². The number of aryl methyl sites for hydroxylation is 1. The molecule has 0 unspecified atom stereocenters. The lowest BCUT2D eigenvalue weighted by atomic mass is 9.98. The van der Waals surface area contributed by atoms with Gasteiger partial charge >= 0.3 is 5.97 Å². The number of benzene rings is 2. The first-order valence-electron chi connectivity index (χ1n) is 9.64. The summed E-state index contributed by atoms with van der Waals surface area (Å²) in [5.41, 5.74) is 2.00. The molecule has 28 heavy (non-hydrogen) atoms. The van der Waals surface area contributed by atoms with E-state index in [0.717, 1.165) is 24.8 Å². The predicted octanol–water partition coefficient (Wildman–Crippen LogP) is 3.78. The van der Waals surface area contributed by atoms with E-state index in [4.69, 9.17) is 4.74 Å². The number of amides is 1. The quantitative estimate of drug-likeness (QED) is 0.586. The van der Waals surface area contributed by atoms with Crippen LogP contribution < -0.4 is 0 Å². The SMILES string of the molecule is Cc1ccc(C(=O)c2ccccc2C(=O)OCC(=O)N2CCCC[C@H]2C)cc1. The van der Waals surface area contributed by atoms with Gasteiger partial charge in [0.05, 0.1) is 5.56 Å². The van der Waals surface area contributed by atoms with E-state index in [0.29, 0.717) is 12.1 Å². The molecule has 5 nitrogen and oxygen atoms in total. The monoisotopic (exact) mass is 379 g/mol. The minimum absolute atomic E-state index is 0.162. The van der Waals surface area contributed by atoms with Crippen molar-refractivity contribution < 1.29 is 19.1 Å². The molecular weight excluding hydrogens is 354 g/mol. The number of ketones is 1. The summed E-state index contributed by atoms with van der Waals surface area (Å²) >= 11 is 0. The molecule has 1 saturated heterocycles. The average Bonchev–Trinajstić information content (AvgIpc) is 2.72. The van der Waals surface area contributed by atoms with Crippen LogP contribution in [0.15, 0.2) is 48.5 Å². The maximum Gasteiger partial charge on any atom is 0.339 e. The highest BCUT2D eigenvalue weighted by molar-refractivity contribution is 6.14. The Balaban J connectivity index is 1.71. The molecule has 1 amide bonds. The Kier molecular flexibility index (Phi) is 6.24. The topological polar surface area (TPSA) is 63.7 Å². The van der Waals surface area contributed by atoms with Gasteiger partial charge in [0.15, 0.2) is 12.4 Å². The minimum atomic E-state index is -0.658. The van der Waals surface area contributed by atoms with E-state index in [1.165, 1.54) is 0 Å². The van der Waals surface area contributed by atoms with Crippen LogP contribution in [0.2, 0.25) is 0 Å². The van der Waals surface area contributed by atoms with Crippen LogP contribution in [0.4, 0.5) is 0 Å². The number of piperidine rings is 1. The zero-order valence-corrected chi connectivity index (χ0v) is 16.3. The summed E-state index contributed by atoms with van der Waals surface area (Å²) in [6, 6.07) is 13.9. The van der Waals surface area contributed by atoms with Crippen LogP contribution in [0, 0.1) is 6.92 Å². The van der Waals surface area contributed by atoms with Gasteiger partial charge < -0.3 is 9.64 Å². The predicted molar refractivity (Wildman–Crippen MR) is 106 cm³/mol. The summed E-state index contributed by atoms with van der Waals surface area (Å²) in [6.45, 7) is 4.34. The second kappa shape index (κ2) is 8.83. The van der Waals surface area contributed by atoms with Crippen LogP contribution >= 0.6 is 0 Å². The number of hydrogen-bond acceptors (Lipinski definition) is 4. The Morgan fingerprint density at radius 2 is 1.68 bits per heavy atom. The van der Waals surface area contributed by atoms with Gasteiger partial charge in [-0.05, 0) is 39.2 Å². The van der Waals surface area contributed by atoms with Crippen molar-refractivity contribution in [3.05, 3.63) is 70.8 Å². The standard InChI is InChI=1S/C23H25NO4/c1-16-10-12-18(13-11-16)22(26)19-8-3-4-9-20(19)23(27)28-15-21(25)24-14-6-5-7-17(24)2/h3-4,8-13,17H,5-7,14-15H2,1-2H3/t17-/m1/s1. The third kappa shape index (κ3) is 4.47. The molecule has 146 valence electrons. The molecule has 3 rings (SSSR count). The fourth-order valence-corrected chi connectivity index (χ4v) is 3.48. The summed E-state index contributed by atoms with van der Waals surface area (Å²) in [7, 11) is 0. The molecule has 1 heterocycles. The fraction of sp³-hybridized carbons (Fsp3) is 0.348. The van der Waals surface area contributed by atoms with Crippen LogP contribution in [0.3, 0.4) is 0 Å². The number of carbonyl (C=O) groups excluding carboxylic acids is 3. The highest BCUT2D eigenvalue weighted by atomic mass is 16.5. The summed E-state index contributed by atoms with van der Waals surface area (Å²) in [4.78, 5) is 39.6. The van der Waals surface area contributed by atoms with E-state index in [1.54, 1.807) is 41.3 Å². The van der Waals surface area contributed by atoms with E-state index in [1.807, 2.05) is 26.0 Å². The van der Waals surface area contributed by atoms with E-state index in [-0.39, 0.29) is 35.5 Å². The number of rotatable bonds is 5. The van der Waals surface area contributed by atoms with Gasteiger partial charge in [0.2, 0.25) is 0 Å². The lowest BCUT2D eigenvalue weighted by Crippen LogP contribution is -2.44. The summed E-state index contributed by atoms with van der Waals surface area (Å²) < 4.78 is 5.25. The van der Waals surface area contributed by atoms with E-state index in [2.05, 4.69) is 0 Å². The molecule has 1 aliphatic rings. The third-order valence-corrected chi connectivity index (χ3v) is 5.16. The summed E-state index contributed by atoms with van der Waals surface area (Å²) in [5, 5.41) is 0. The molecule has 0 spiro atoms. The van der Waals surface area contributed by atoms with E-state index in [9.17, 15) is 14.4 Å². The average molecular weight is 379 g/mol. The molecule has 1 atom stereocenters. The Labute approximate surface area is 165 Å². The molecular formula is C23H25NO4. The maximum atomic E-state index is 12.8. The Hall–Kier alpha value is -2.95. The minimum Gasteiger partial charge on any atom is -0.452 e. The van der Waals surface area contributed by atoms with Crippen LogP contribution in [0.5, 0.6) is 0 Å². The van der Waals surface area contributed by atoms with Crippen LogP contribution in [0.25, 0.3) is 0 Å². The molecule has 1 fully saturated rings. The zero-order chi connectivity index (χ0) is 20.1. The van der Waals surface area contributed by atoms with Gasteiger partial charge in [0.1, 0.15) is 0 Å². The molecule has 1 aliphatic heterocycles. The largest absolute Gasteiger partial charge is 0.452 e. The molecule has 0 N–H and O–H groups in total. The first-order chi connectivity index (χ1) is 13.5. The van der Waals surface area contributed by atoms with Gasteiger partial charge in [-0.15, -0.1) is 0 Å². The molecule has 0 aromatic heterocycles. The van der Waals surface area contributed by atoms with Gasteiger partial charge in [-0.25, -0.2) is 4.79 Å². The number of hydrogen-bond donors (Lipinski definition) is 0. The molecule has 5 heteroatoms. The van der Waals surface area contributed by atoms with E-state index >= 15 is 0 Å². The molecule has 2 aromatic rings. The lowest BCUT2D eigenvalue weighted by Gasteiger charge is -2.33. The number of carbonyl (C=O) groups is 3. The van der Waals surface area contributed by atoms with Crippen molar-refractivity contribution in [3.63, 3.8) is 0 Å². The van der Waals surface area contributed by atoms with Gasteiger partial charge in [0.25, 0.3) is 5.91 Å². The van der Waals surface area contributed by atoms with Crippen molar-refractivity contribution in [2.24, 2.45) is 0 Å². The fourth-order valence-electron chi connectivity index (χ4n) is 3.48. The second-order valence-electron chi connectivity index (χ2n) is 7.25. The highest BCUT2D eigenvalue weighted by Gasteiger charge is 2.25. The van der Waals surface area contributed by atoms with Gasteiger partial charge in [-0.1, -0.05) is 48.0 Å². The Bertz CT molecular complexity index is 872. The number of esters is 1. The van der Waals surface area contributed by atoms with Crippen LogP contribution in [-0.4, -0.2) is 41.8 Å². The molecule has 0 aliphatic carbocycles. The van der Waals surface area contributed by atoms with Crippen LogP contribution in [-0.2, 0) is 9.53 Å². The lowest BCUT2D eigenvalue weighted by molar-refractivity contribution is -0.137. The van der Waals surface area contributed by atoms with E-state index < -0.39 is 5.97 Å². The number of likely N-dealkylation sites (tertiary alicyclic amines) is 1. The normalized spacial score (nSPS) is 16.5. The number of ether oxygens (including phenoxy) is 1. The van der Waals surface area contributed by atoms with Gasteiger partial charge in [0, 0.05) is 23.7 Å². The molecule has 0 radical (unpaired) electrons. The Morgan fingerprint density at radius 1 is 1.00 bits per heavy atom. The van der Waals surface area contributed by atoms with Gasteiger partial charge in [-0.3, -0.25) is 9.59 Å². The summed E-state index contributed by atoms with van der Waals surface area (Å²) in [6.07, 6.45) is 3.05. The van der Waals surface area contributed by atoms with Crippen molar-refractivity contribution in [1.29, 1.82) is 0 Å². The van der Waals surface area contributed by atoms with Gasteiger partial charge in [-0.2, -0.15) is 0 Å². The Morgan fingerprint density at radius 3 is 2.36 bits per heavy atom. The zero-order valence-electron chi connectivity index (χ0n) is 16.3. The second-order valence-corrected chi connectivity index (χ2v) is 7.25. The third-order valence-electron chi connectivity index (χ3n) is 5.16. The highest BCUT2D eigenvalue weighted by Crippen LogP contribution is 2.18. The van der Waals surface area contributed by atoms with Crippen molar-refractivity contribution >= 4 is 17.7 Å². The first-order valence-corrected chi connectivity index (χ1v) is 9.64. The smallest absolute Gasteiger partial charge is 0.339 e. The molecule has 2 aromatic carbocycles. The van der Waals surface area contributed by atoms with Crippen molar-refractivity contribution in [3.8, 4) is 0 Å². The molecule has 0 saturated carbocycles.